The van der Waals surface area contributed by atoms with E-state index in [-0.39, 0.29) is 0 Å². The standard InChI is InChI=1S/C12H11N3/c1-9-3-5-12(6-4-9)15-10(2)7-11(8-13)14-15/h3-7H,1-2H3. The Balaban J connectivity index is 2.50. The molecule has 0 radical (unpaired) electrons. The van der Waals surface area contributed by atoms with Crippen molar-refractivity contribution in [3.05, 3.63) is 47.3 Å². The van der Waals surface area contributed by atoms with Crippen LogP contribution in [0.3, 0.4) is 0 Å². The monoisotopic (exact) mass is 197 g/mol. The molecular formula is C12H11N3. The lowest BCUT2D eigenvalue weighted by Crippen LogP contribution is -1.98. The van der Waals surface area contributed by atoms with E-state index in [0.717, 1.165) is 11.4 Å². The average Bonchev–Trinajstić information content (AvgIpc) is 2.61. The zero-order valence-corrected chi connectivity index (χ0v) is 8.73. The summed E-state index contributed by atoms with van der Waals surface area (Å²) in [7, 11) is 0. The summed E-state index contributed by atoms with van der Waals surface area (Å²) in [6, 6.07) is 11.9. The van der Waals surface area contributed by atoms with Crippen molar-refractivity contribution in [2.45, 2.75) is 13.8 Å². The summed E-state index contributed by atoms with van der Waals surface area (Å²) >= 11 is 0. The molecule has 0 aliphatic rings. The van der Waals surface area contributed by atoms with Gasteiger partial charge in [0.05, 0.1) is 5.69 Å². The lowest BCUT2D eigenvalue weighted by atomic mass is 10.2. The van der Waals surface area contributed by atoms with Crippen LogP contribution in [-0.4, -0.2) is 9.78 Å². The lowest BCUT2D eigenvalue weighted by Gasteiger charge is -2.03. The second-order valence-electron chi connectivity index (χ2n) is 3.53. The lowest BCUT2D eigenvalue weighted by molar-refractivity contribution is 0.841. The van der Waals surface area contributed by atoms with Crippen LogP contribution in [0.4, 0.5) is 0 Å². The molecule has 0 N–H and O–H groups in total. The highest BCUT2D eigenvalue weighted by molar-refractivity contribution is 5.37. The molecule has 0 unspecified atom stereocenters. The minimum atomic E-state index is 0.452. The summed E-state index contributed by atoms with van der Waals surface area (Å²) in [5, 5.41) is 12.9. The van der Waals surface area contributed by atoms with E-state index >= 15 is 0 Å². The Morgan fingerprint density at radius 1 is 1.20 bits per heavy atom. The minimum Gasteiger partial charge on any atom is -0.237 e. The van der Waals surface area contributed by atoms with Crippen molar-refractivity contribution in [2.75, 3.05) is 0 Å². The van der Waals surface area contributed by atoms with E-state index in [1.54, 1.807) is 10.7 Å². The van der Waals surface area contributed by atoms with Crippen molar-refractivity contribution < 1.29 is 0 Å². The maximum atomic E-state index is 8.74. The van der Waals surface area contributed by atoms with Gasteiger partial charge < -0.3 is 0 Å². The van der Waals surface area contributed by atoms with Crippen molar-refractivity contribution in [2.24, 2.45) is 0 Å². The number of aryl methyl sites for hydroxylation is 2. The van der Waals surface area contributed by atoms with Gasteiger partial charge in [-0.3, -0.25) is 0 Å². The van der Waals surface area contributed by atoms with Gasteiger partial charge in [-0.05, 0) is 32.0 Å². The van der Waals surface area contributed by atoms with Crippen LogP contribution < -0.4 is 0 Å². The van der Waals surface area contributed by atoms with Gasteiger partial charge in [-0.25, -0.2) is 4.68 Å². The number of hydrogen-bond donors (Lipinski definition) is 0. The van der Waals surface area contributed by atoms with Gasteiger partial charge >= 0.3 is 0 Å². The predicted molar refractivity (Wildman–Crippen MR) is 57.8 cm³/mol. The topological polar surface area (TPSA) is 41.6 Å². The quantitative estimate of drug-likeness (QED) is 0.704. The molecule has 0 aliphatic heterocycles. The molecule has 0 amide bonds. The van der Waals surface area contributed by atoms with Crippen LogP contribution in [0.5, 0.6) is 0 Å². The van der Waals surface area contributed by atoms with E-state index in [2.05, 4.69) is 5.10 Å². The molecule has 2 rings (SSSR count). The third-order valence-corrected chi connectivity index (χ3v) is 2.28. The Labute approximate surface area is 88.6 Å². The predicted octanol–water partition coefficient (Wildman–Crippen LogP) is 2.36. The molecule has 0 fully saturated rings. The first-order valence-corrected chi connectivity index (χ1v) is 4.74. The summed E-state index contributed by atoms with van der Waals surface area (Å²) in [4.78, 5) is 0. The van der Waals surface area contributed by atoms with Crippen LogP contribution in [0.1, 0.15) is 17.0 Å². The number of nitrogens with zero attached hydrogens (tertiary/aromatic N) is 3. The van der Waals surface area contributed by atoms with E-state index in [1.165, 1.54) is 5.56 Å². The Bertz CT molecular complexity index is 515. The number of benzene rings is 1. The molecule has 0 saturated carbocycles. The fourth-order valence-electron chi connectivity index (χ4n) is 1.48. The van der Waals surface area contributed by atoms with Crippen molar-refractivity contribution >= 4 is 0 Å². The number of nitriles is 1. The number of hydrogen-bond acceptors (Lipinski definition) is 2. The molecule has 15 heavy (non-hydrogen) atoms. The highest BCUT2D eigenvalue weighted by atomic mass is 15.3. The van der Waals surface area contributed by atoms with Crippen LogP contribution in [0, 0.1) is 25.2 Å². The van der Waals surface area contributed by atoms with Crippen LogP contribution in [0.2, 0.25) is 0 Å². The molecule has 0 aliphatic carbocycles. The van der Waals surface area contributed by atoms with Gasteiger partial charge in [-0.2, -0.15) is 10.4 Å². The third kappa shape index (κ3) is 1.75. The molecule has 1 aromatic carbocycles. The first kappa shape index (κ1) is 9.47. The maximum absolute atomic E-state index is 8.74. The van der Waals surface area contributed by atoms with Crippen molar-refractivity contribution in [1.82, 2.24) is 9.78 Å². The van der Waals surface area contributed by atoms with Gasteiger partial charge in [-0.1, -0.05) is 17.7 Å². The van der Waals surface area contributed by atoms with Crippen LogP contribution >= 0.6 is 0 Å². The van der Waals surface area contributed by atoms with E-state index in [9.17, 15) is 0 Å². The summed E-state index contributed by atoms with van der Waals surface area (Å²) < 4.78 is 1.78. The smallest absolute Gasteiger partial charge is 0.163 e. The maximum Gasteiger partial charge on any atom is 0.163 e. The molecule has 3 nitrogen and oxygen atoms in total. The zero-order valence-electron chi connectivity index (χ0n) is 8.73. The second kappa shape index (κ2) is 3.58. The highest BCUT2D eigenvalue weighted by Crippen LogP contribution is 2.12. The summed E-state index contributed by atoms with van der Waals surface area (Å²) in [5.74, 6) is 0. The van der Waals surface area contributed by atoms with Crippen LogP contribution in [0.15, 0.2) is 30.3 Å². The molecule has 0 saturated heterocycles. The Morgan fingerprint density at radius 3 is 2.40 bits per heavy atom. The molecular weight excluding hydrogens is 186 g/mol. The van der Waals surface area contributed by atoms with Crippen LogP contribution in [0.25, 0.3) is 5.69 Å². The van der Waals surface area contributed by atoms with E-state index < -0.39 is 0 Å². The van der Waals surface area contributed by atoms with Gasteiger partial charge in [0.25, 0.3) is 0 Å². The molecule has 0 atom stereocenters. The van der Waals surface area contributed by atoms with Gasteiger partial charge in [-0.15, -0.1) is 0 Å². The molecule has 3 heteroatoms. The molecule has 0 bridgehead atoms. The fraction of sp³-hybridized carbons (Fsp3) is 0.167. The van der Waals surface area contributed by atoms with Gasteiger partial charge in [0.2, 0.25) is 0 Å². The van der Waals surface area contributed by atoms with Crippen molar-refractivity contribution in [3.63, 3.8) is 0 Å². The second-order valence-corrected chi connectivity index (χ2v) is 3.53. The molecule has 0 spiro atoms. The van der Waals surface area contributed by atoms with Gasteiger partial charge in [0.15, 0.2) is 5.69 Å². The highest BCUT2D eigenvalue weighted by Gasteiger charge is 2.04. The summed E-state index contributed by atoms with van der Waals surface area (Å²) in [6.07, 6.45) is 0. The van der Waals surface area contributed by atoms with E-state index in [1.807, 2.05) is 44.2 Å². The molecule has 74 valence electrons. The SMILES string of the molecule is Cc1ccc(-n2nc(C#N)cc2C)cc1. The zero-order chi connectivity index (χ0) is 10.8. The molecule has 1 heterocycles. The number of aromatic nitrogens is 2. The van der Waals surface area contributed by atoms with Crippen molar-refractivity contribution in [3.8, 4) is 11.8 Å². The minimum absolute atomic E-state index is 0.452. The summed E-state index contributed by atoms with van der Waals surface area (Å²) in [6.45, 7) is 3.98. The summed E-state index contributed by atoms with van der Waals surface area (Å²) in [5.41, 5.74) is 3.62. The van der Waals surface area contributed by atoms with Crippen molar-refractivity contribution in [1.29, 1.82) is 5.26 Å². The molecule has 2 aromatic rings. The van der Waals surface area contributed by atoms with E-state index in [4.69, 9.17) is 5.26 Å². The third-order valence-electron chi connectivity index (χ3n) is 2.28. The van der Waals surface area contributed by atoms with Gasteiger partial charge in [0, 0.05) is 5.69 Å². The molecule has 1 aromatic heterocycles. The average molecular weight is 197 g/mol. The normalized spacial score (nSPS) is 9.93. The fourth-order valence-corrected chi connectivity index (χ4v) is 1.48. The van der Waals surface area contributed by atoms with E-state index in [0.29, 0.717) is 5.69 Å². The first-order chi connectivity index (χ1) is 7.20. The Morgan fingerprint density at radius 2 is 1.87 bits per heavy atom. The number of rotatable bonds is 1. The largest absolute Gasteiger partial charge is 0.237 e. The first-order valence-electron chi connectivity index (χ1n) is 4.74. The van der Waals surface area contributed by atoms with Crippen LogP contribution in [-0.2, 0) is 0 Å². The van der Waals surface area contributed by atoms with Gasteiger partial charge in [0.1, 0.15) is 6.07 Å². The Hall–Kier alpha value is -2.08. The Kier molecular flexibility index (Phi) is 2.26.